The number of aryl methyl sites for hydroxylation is 2. The quantitative estimate of drug-likeness (QED) is 0.882. The van der Waals surface area contributed by atoms with Gasteiger partial charge in [-0.3, -0.25) is 0 Å². The summed E-state index contributed by atoms with van der Waals surface area (Å²) in [6.07, 6.45) is 1.95. The van der Waals surface area contributed by atoms with Crippen LogP contribution in [0.15, 0.2) is 30.3 Å². The van der Waals surface area contributed by atoms with Crippen LogP contribution in [0.5, 0.6) is 0 Å². The van der Waals surface area contributed by atoms with Crippen molar-refractivity contribution in [1.29, 1.82) is 0 Å². The Bertz CT molecular complexity index is 578. The Kier molecular flexibility index (Phi) is 5.14. The van der Waals surface area contributed by atoms with Gasteiger partial charge in [0.2, 0.25) is 0 Å². The van der Waals surface area contributed by atoms with Crippen molar-refractivity contribution < 1.29 is 0 Å². The molecule has 1 aromatic heterocycles. The van der Waals surface area contributed by atoms with Gasteiger partial charge in [0.05, 0.1) is 0 Å². The molecule has 0 saturated heterocycles. The van der Waals surface area contributed by atoms with Crippen molar-refractivity contribution in [3.63, 3.8) is 0 Å². The zero-order valence-corrected chi connectivity index (χ0v) is 13.3. The van der Waals surface area contributed by atoms with E-state index in [9.17, 15) is 0 Å². The fraction of sp³-hybridized carbons (Fsp3) is 0.412. The molecule has 0 saturated carbocycles. The number of rotatable bonds is 6. The highest BCUT2D eigenvalue weighted by Crippen LogP contribution is 2.17. The smallest absolute Gasteiger partial charge is 0.134 e. The van der Waals surface area contributed by atoms with Crippen LogP contribution in [0.2, 0.25) is 0 Å². The molecular formula is C17H24N4. The Morgan fingerprint density at radius 3 is 2.48 bits per heavy atom. The summed E-state index contributed by atoms with van der Waals surface area (Å²) in [5, 5.41) is 3.11. The lowest BCUT2D eigenvalue weighted by atomic mass is 10.1. The second kappa shape index (κ2) is 7.07. The molecule has 0 radical (unpaired) electrons. The summed E-state index contributed by atoms with van der Waals surface area (Å²) in [4.78, 5) is 11.3. The number of benzene rings is 1. The summed E-state index contributed by atoms with van der Waals surface area (Å²) in [5.74, 6) is 2.73. The minimum Gasteiger partial charge on any atom is -0.373 e. The zero-order chi connectivity index (χ0) is 15.2. The average molecular weight is 284 g/mol. The molecular weight excluding hydrogens is 260 g/mol. The van der Waals surface area contributed by atoms with Crippen molar-refractivity contribution in [3.8, 4) is 0 Å². The first kappa shape index (κ1) is 15.3. The maximum Gasteiger partial charge on any atom is 0.134 e. The van der Waals surface area contributed by atoms with Crippen molar-refractivity contribution in [1.82, 2.24) is 9.97 Å². The van der Waals surface area contributed by atoms with Gasteiger partial charge in [0.1, 0.15) is 17.5 Å². The van der Waals surface area contributed by atoms with Crippen LogP contribution in [0.25, 0.3) is 0 Å². The molecule has 0 bridgehead atoms. The third-order valence-electron chi connectivity index (χ3n) is 3.42. The first-order valence-electron chi connectivity index (χ1n) is 7.44. The normalized spacial score (nSPS) is 10.5. The van der Waals surface area contributed by atoms with E-state index >= 15 is 0 Å². The Morgan fingerprint density at radius 1 is 1.14 bits per heavy atom. The van der Waals surface area contributed by atoms with E-state index in [0.717, 1.165) is 36.8 Å². The van der Waals surface area contributed by atoms with Crippen LogP contribution in [0.3, 0.4) is 0 Å². The first-order valence-corrected chi connectivity index (χ1v) is 7.44. The number of hydrogen-bond donors (Lipinski definition) is 1. The van der Waals surface area contributed by atoms with Gasteiger partial charge in [-0.25, -0.2) is 9.97 Å². The molecule has 2 rings (SSSR count). The Labute approximate surface area is 127 Å². The number of aromatic nitrogens is 2. The Hall–Kier alpha value is -2.10. The summed E-state index contributed by atoms with van der Waals surface area (Å²) < 4.78 is 0. The lowest BCUT2D eigenvalue weighted by Crippen LogP contribution is -2.19. The maximum absolute atomic E-state index is 4.66. The van der Waals surface area contributed by atoms with Crippen molar-refractivity contribution >= 4 is 11.6 Å². The fourth-order valence-corrected chi connectivity index (χ4v) is 2.19. The number of anilines is 2. The highest BCUT2D eigenvalue weighted by molar-refractivity contribution is 5.49. The van der Waals surface area contributed by atoms with Gasteiger partial charge < -0.3 is 10.2 Å². The molecule has 1 aromatic carbocycles. The molecule has 0 atom stereocenters. The number of nitrogens with one attached hydrogen (secondary N) is 1. The molecule has 4 nitrogen and oxygen atoms in total. The second-order valence-electron chi connectivity index (χ2n) is 5.37. The van der Waals surface area contributed by atoms with E-state index < -0.39 is 0 Å². The minimum atomic E-state index is 0.839. The number of nitrogens with zero attached hydrogens (tertiary/aromatic N) is 3. The molecule has 0 fully saturated rings. The van der Waals surface area contributed by atoms with Gasteiger partial charge in [-0.15, -0.1) is 0 Å². The zero-order valence-electron chi connectivity index (χ0n) is 13.3. The van der Waals surface area contributed by atoms with E-state index in [4.69, 9.17) is 0 Å². The Morgan fingerprint density at radius 2 is 1.86 bits per heavy atom. The van der Waals surface area contributed by atoms with Gasteiger partial charge in [-0.05, 0) is 18.9 Å². The summed E-state index contributed by atoms with van der Waals surface area (Å²) in [6, 6.07) is 10.6. The minimum absolute atomic E-state index is 0.839. The standard InChI is InChI=1S/C17H24N4/c1-5-6-15-19-16(18-3)11-17(20-15)21(4)12-14-9-7-13(2)8-10-14/h7-11H,5-6,12H2,1-4H3,(H,18,19,20). The summed E-state index contributed by atoms with van der Waals surface area (Å²) in [6.45, 7) is 5.09. The molecule has 112 valence electrons. The van der Waals surface area contributed by atoms with Crippen molar-refractivity contribution in [3.05, 3.63) is 47.3 Å². The molecule has 0 unspecified atom stereocenters. The molecule has 21 heavy (non-hydrogen) atoms. The lowest BCUT2D eigenvalue weighted by Gasteiger charge is -2.19. The molecule has 0 aliphatic heterocycles. The number of hydrogen-bond acceptors (Lipinski definition) is 4. The van der Waals surface area contributed by atoms with Gasteiger partial charge in [-0.1, -0.05) is 36.8 Å². The average Bonchev–Trinajstić information content (AvgIpc) is 2.49. The van der Waals surface area contributed by atoms with E-state index in [-0.39, 0.29) is 0 Å². The van der Waals surface area contributed by atoms with Gasteiger partial charge in [0.15, 0.2) is 0 Å². The monoisotopic (exact) mass is 284 g/mol. The van der Waals surface area contributed by atoms with Crippen LogP contribution >= 0.6 is 0 Å². The van der Waals surface area contributed by atoms with Crippen LogP contribution in [0.4, 0.5) is 11.6 Å². The molecule has 0 aliphatic rings. The van der Waals surface area contributed by atoms with Gasteiger partial charge in [0, 0.05) is 33.1 Å². The van der Waals surface area contributed by atoms with Crippen LogP contribution in [-0.4, -0.2) is 24.1 Å². The predicted molar refractivity (Wildman–Crippen MR) is 88.9 cm³/mol. The summed E-state index contributed by atoms with van der Waals surface area (Å²) in [7, 11) is 3.96. The fourth-order valence-electron chi connectivity index (χ4n) is 2.19. The molecule has 0 spiro atoms. The predicted octanol–water partition coefficient (Wildman–Crippen LogP) is 3.42. The van der Waals surface area contributed by atoms with Gasteiger partial charge in [-0.2, -0.15) is 0 Å². The van der Waals surface area contributed by atoms with Crippen molar-refractivity contribution in [2.75, 3.05) is 24.3 Å². The summed E-state index contributed by atoms with van der Waals surface area (Å²) in [5.41, 5.74) is 2.57. The lowest BCUT2D eigenvalue weighted by molar-refractivity contribution is 0.813. The Balaban J connectivity index is 2.19. The maximum atomic E-state index is 4.66. The first-order chi connectivity index (χ1) is 10.1. The molecule has 1 heterocycles. The van der Waals surface area contributed by atoms with Gasteiger partial charge >= 0.3 is 0 Å². The molecule has 1 N–H and O–H groups in total. The third kappa shape index (κ3) is 4.18. The molecule has 4 heteroatoms. The second-order valence-corrected chi connectivity index (χ2v) is 5.37. The highest BCUT2D eigenvalue weighted by Gasteiger charge is 2.08. The van der Waals surface area contributed by atoms with E-state index in [0.29, 0.717) is 0 Å². The van der Waals surface area contributed by atoms with Crippen LogP contribution in [0, 0.1) is 6.92 Å². The van der Waals surface area contributed by atoms with Crippen LogP contribution < -0.4 is 10.2 Å². The SMILES string of the molecule is CCCc1nc(NC)cc(N(C)Cc2ccc(C)cc2)n1. The van der Waals surface area contributed by atoms with E-state index in [1.165, 1.54) is 11.1 Å². The molecule has 0 amide bonds. The molecule has 2 aromatic rings. The van der Waals surface area contributed by atoms with E-state index in [2.05, 4.69) is 65.3 Å². The highest BCUT2D eigenvalue weighted by atomic mass is 15.2. The van der Waals surface area contributed by atoms with Crippen LogP contribution in [-0.2, 0) is 13.0 Å². The van der Waals surface area contributed by atoms with Crippen LogP contribution in [0.1, 0.15) is 30.3 Å². The van der Waals surface area contributed by atoms with E-state index in [1.54, 1.807) is 0 Å². The largest absolute Gasteiger partial charge is 0.373 e. The third-order valence-corrected chi connectivity index (χ3v) is 3.42. The van der Waals surface area contributed by atoms with Gasteiger partial charge in [0.25, 0.3) is 0 Å². The van der Waals surface area contributed by atoms with E-state index in [1.807, 2.05) is 13.1 Å². The van der Waals surface area contributed by atoms with Crippen molar-refractivity contribution in [2.24, 2.45) is 0 Å². The van der Waals surface area contributed by atoms with Crippen molar-refractivity contribution in [2.45, 2.75) is 33.2 Å². The summed E-state index contributed by atoms with van der Waals surface area (Å²) >= 11 is 0. The molecule has 0 aliphatic carbocycles. The topological polar surface area (TPSA) is 41.1 Å².